The summed E-state index contributed by atoms with van der Waals surface area (Å²) in [4.78, 5) is 12.7. The molecule has 0 aliphatic rings. The number of carbonyl (C=O) groups is 1. The van der Waals surface area contributed by atoms with Crippen molar-refractivity contribution in [3.8, 4) is 11.5 Å². The molecule has 36 heavy (non-hydrogen) atoms. The highest BCUT2D eigenvalue weighted by Crippen LogP contribution is 2.41. The highest BCUT2D eigenvalue weighted by atomic mass is 32.2. The maximum Gasteiger partial charge on any atom is 0.501 e. The van der Waals surface area contributed by atoms with Crippen LogP contribution in [0, 0.1) is 0 Å². The number of alkyl halides is 3. The molecule has 0 aliphatic carbocycles. The van der Waals surface area contributed by atoms with Crippen LogP contribution in [0.15, 0.2) is 51.5 Å². The molecule has 0 amide bonds. The first-order chi connectivity index (χ1) is 17.0. The zero-order valence-corrected chi connectivity index (χ0v) is 21.1. The van der Waals surface area contributed by atoms with Crippen LogP contribution in [0.1, 0.15) is 26.7 Å². The van der Waals surface area contributed by atoms with Crippen molar-refractivity contribution in [2.75, 3.05) is 38.8 Å². The topological polar surface area (TPSA) is 107 Å². The number of sulfone groups is 1. The fourth-order valence-electron chi connectivity index (χ4n) is 3.22. The summed E-state index contributed by atoms with van der Waals surface area (Å²) in [7, 11) is -2.52. The molecule has 0 atom stereocenters. The van der Waals surface area contributed by atoms with Gasteiger partial charge in [0.05, 0.1) is 37.1 Å². The first-order valence-corrected chi connectivity index (χ1v) is 12.5. The van der Waals surface area contributed by atoms with E-state index in [2.05, 4.69) is 10.2 Å². The van der Waals surface area contributed by atoms with Crippen LogP contribution < -0.4 is 14.4 Å². The summed E-state index contributed by atoms with van der Waals surface area (Å²) < 4.78 is 77.0. The zero-order valence-electron chi connectivity index (χ0n) is 20.3. The summed E-state index contributed by atoms with van der Waals surface area (Å²) in [5, 5.41) is 8.07. The van der Waals surface area contributed by atoms with Gasteiger partial charge in [0.1, 0.15) is 17.2 Å². The van der Waals surface area contributed by atoms with Gasteiger partial charge >= 0.3 is 11.5 Å². The molecule has 0 radical (unpaired) electrons. The number of azo groups is 1. The number of hydrogen-bond donors (Lipinski definition) is 0. The molecular formula is C23H28F3N3O6S. The number of hydrogen-bond acceptors (Lipinski definition) is 9. The third-order valence-electron chi connectivity index (χ3n) is 5.04. The molecule has 0 bridgehead atoms. The maximum atomic E-state index is 12.7. The summed E-state index contributed by atoms with van der Waals surface area (Å²) in [6.45, 7) is 5.21. The van der Waals surface area contributed by atoms with Crippen molar-refractivity contribution in [2.24, 2.45) is 10.2 Å². The van der Waals surface area contributed by atoms with Gasteiger partial charge in [-0.25, -0.2) is 8.42 Å². The van der Waals surface area contributed by atoms with E-state index in [4.69, 9.17) is 14.2 Å². The largest absolute Gasteiger partial charge is 0.501 e. The Bertz CT molecular complexity index is 1170. The third-order valence-corrected chi connectivity index (χ3v) is 6.54. The van der Waals surface area contributed by atoms with E-state index in [0.29, 0.717) is 43.3 Å². The van der Waals surface area contributed by atoms with Gasteiger partial charge in [-0.1, -0.05) is 0 Å². The molecule has 0 N–H and O–H groups in total. The molecule has 0 saturated carbocycles. The van der Waals surface area contributed by atoms with E-state index >= 15 is 0 Å². The van der Waals surface area contributed by atoms with Gasteiger partial charge in [-0.05, 0) is 44.5 Å². The van der Waals surface area contributed by atoms with Crippen LogP contribution in [0.5, 0.6) is 11.5 Å². The van der Waals surface area contributed by atoms with Gasteiger partial charge < -0.3 is 19.1 Å². The molecule has 0 aliphatic heterocycles. The normalized spacial score (nSPS) is 12.0. The second-order valence-corrected chi connectivity index (χ2v) is 9.27. The third kappa shape index (κ3) is 7.09. The molecule has 198 valence electrons. The maximum absolute atomic E-state index is 12.7. The van der Waals surface area contributed by atoms with E-state index in [1.807, 2.05) is 11.8 Å². The second-order valence-electron chi connectivity index (χ2n) is 7.33. The van der Waals surface area contributed by atoms with Crippen molar-refractivity contribution in [1.82, 2.24) is 0 Å². The average molecular weight is 532 g/mol. The predicted octanol–water partition coefficient (Wildman–Crippen LogP) is 5.58. The summed E-state index contributed by atoms with van der Waals surface area (Å²) in [6.07, 6.45) is 0.846. The second kappa shape index (κ2) is 12.6. The number of methoxy groups -OCH3 is 2. The number of rotatable bonds is 12. The number of benzene rings is 2. The number of carbonyl (C=O) groups excluding carboxylic acids is 1. The minimum absolute atomic E-state index is 0.135. The van der Waals surface area contributed by atoms with E-state index in [0.717, 1.165) is 24.3 Å². The van der Waals surface area contributed by atoms with Crippen LogP contribution in [0.4, 0.5) is 30.2 Å². The van der Waals surface area contributed by atoms with E-state index in [1.165, 1.54) is 14.2 Å². The lowest BCUT2D eigenvalue weighted by Crippen LogP contribution is -2.25. The van der Waals surface area contributed by atoms with E-state index in [-0.39, 0.29) is 23.8 Å². The lowest BCUT2D eigenvalue weighted by Gasteiger charge is -2.25. The van der Waals surface area contributed by atoms with E-state index in [1.54, 1.807) is 19.1 Å². The van der Waals surface area contributed by atoms with Crippen LogP contribution in [-0.2, 0) is 19.4 Å². The molecule has 0 aromatic heterocycles. The quantitative estimate of drug-likeness (QED) is 0.260. The van der Waals surface area contributed by atoms with Crippen LogP contribution >= 0.6 is 0 Å². The fourth-order valence-corrected chi connectivity index (χ4v) is 3.99. The van der Waals surface area contributed by atoms with Gasteiger partial charge in [0, 0.05) is 31.6 Å². The standard InChI is InChI=1S/C23H28F3N3O6S/c1-5-29(13-7-8-22(30)35-6-2)19-15-20(33-3)18(14-21(19)34-4)28-27-16-9-11-17(12-10-16)36(31,32)23(24,25)26/h9-12,14-15H,5-8,13H2,1-4H3. The minimum Gasteiger partial charge on any atom is -0.494 e. The smallest absolute Gasteiger partial charge is 0.494 e. The Labute approximate surface area is 207 Å². The molecule has 9 nitrogen and oxygen atoms in total. The highest BCUT2D eigenvalue weighted by molar-refractivity contribution is 7.92. The summed E-state index contributed by atoms with van der Waals surface area (Å²) >= 11 is 0. The van der Waals surface area contributed by atoms with Crippen LogP contribution in [0.25, 0.3) is 0 Å². The molecule has 2 aromatic carbocycles. The van der Waals surface area contributed by atoms with Crippen molar-refractivity contribution in [3.05, 3.63) is 36.4 Å². The van der Waals surface area contributed by atoms with Gasteiger partial charge in [0.25, 0.3) is 9.84 Å². The molecule has 0 heterocycles. The van der Waals surface area contributed by atoms with E-state index in [9.17, 15) is 26.4 Å². The van der Waals surface area contributed by atoms with E-state index < -0.39 is 20.2 Å². The van der Waals surface area contributed by atoms with Gasteiger partial charge in [0.15, 0.2) is 0 Å². The van der Waals surface area contributed by atoms with Gasteiger partial charge in [-0.3, -0.25) is 4.79 Å². The summed E-state index contributed by atoms with van der Waals surface area (Å²) in [6, 6.07) is 7.15. The molecule has 0 spiro atoms. The van der Waals surface area contributed by atoms with Crippen molar-refractivity contribution in [2.45, 2.75) is 37.1 Å². The number of halogens is 3. The molecular weight excluding hydrogens is 503 g/mol. The van der Waals surface area contributed by atoms with Crippen molar-refractivity contribution in [3.63, 3.8) is 0 Å². The first kappa shape index (κ1) is 28.9. The van der Waals surface area contributed by atoms with Crippen LogP contribution in [0.3, 0.4) is 0 Å². The summed E-state index contributed by atoms with van der Waals surface area (Å²) in [5.41, 5.74) is -4.27. The Morgan fingerprint density at radius 2 is 1.64 bits per heavy atom. The monoisotopic (exact) mass is 531 g/mol. The number of esters is 1. The van der Waals surface area contributed by atoms with Crippen molar-refractivity contribution >= 4 is 32.9 Å². The Kier molecular flexibility index (Phi) is 10.1. The fraction of sp³-hybridized carbons (Fsp3) is 0.435. The Morgan fingerprint density at radius 1 is 1.00 bits per heavy atom. The van der Waals surface area contributed by atoms with Gasteiger partial charge in [-0.15, -0.1) is 5.11 Å². The number of ether oxygens (including phenoxy) is 3. The van der Waals surface area contributed by atoms with Crippen molar-refractivity contribution < 1.29 is 40.6 Å². The number of anilines is 1. The Hall–Kier alpha value is -3.35. The van der Waals surface area contributed by atoms with Crippen LogP contribution in [-0.4, -0.2) is 53.8 Å². The lowest BCUT2D eigenvalue weighted by atomic mass is 10.2. The predicted molar refractivity (Wildman–Crippen MR) is 127 cm³/mol. The minimum atomic E-state index is -5.45. The molecule has 0 fully saturated rings. The first-order valence-electron chi connectivity index (χ1n) is 11.0. The molecule has 0 unspecified atom stereocenters. The Balaban J connectivity index is 2.27. The SMILES string of the molecule is CCOC(=O)CCCN(CC)c1cc(OC)c(N=Nc2ccc(S(=O)(=O)C(F)(F)F)cc2)cc1OC. The van der Waals surface area contributed by atoms with Crippen molar-refractivity contribution in [1.29, 1.82) is 0 Å². The molecule has 2 aromatic rings. The lowest BCUT2D eigenvalue weighted by molar-refractivity contribution is -0.143. The Morgan fingerprint density at radius 3 is 2.17 bits per heavy atom. The molecule has 13 heteroatoms. The average Bonchev–Trinajstić information content (AvgIpc) is 2.84. The molecule has 0 saturated heterocycles. The van der Waals surface area contributed by atoms with Gasteiger partial charge in [-0.2, -0.15) is 18.3 Å². The zero-order chi connectivity index (χ0) is 26.9. The molecule has 2 rings (SSSR count). The summed E-state index contributed by atoms with van der Waals surface area (Å²) in [5.74, 6) is 0.557. The van der Waals surface area contributed by atoms with Gasteiger partial charge in [0.2, 0.25) is 0 Å². The number of nitrogens with zero attached hydrogens (tertiary/aromatic N) is 3. The highest BCUT2D eigenvalue weighted by Gasteiger charge is 2.46. The van der Waals surface area contributed by atoms with Crippen LogP contribution in [0.2, 0.25) is 0 Å².